The molecule has 6 nitrogen and oxygen atoms in total. The summed E-state index contributed by atoms with van der Waals surface area (Å²) in [7, 11) is -3.10. The van der Waals surface area contributed by atoms with Crippen molar-refractivity contribution in [1.29, 1.82) is 0 Å². The van der Waals surface area contributed by atoms with Gasteiger partial charge in [-0.3, -0.25) is 19.9 Å². The van der Waals surface area contributed by atoms with Gasteiger partial charge < -0.3 is 4.89 Å². The standard InChI is InChI=1S/C4H11N2O4P/c1-11(9,10)3-5-2-6(8)4-7/h4-5,8H,2-3H2,1H3,(H,9,10). The molecule has 0 aromatic rings. The monoisotopic (exact) mass is 182 g/mol. The lowest BCUT2D eigenvalue weighted by molar-refractivity contribution is -0.150. The molecular weight excluding hydrogens is 171 g/mol. The van der Waals surface area contributed by atoms with Crippen molar-refractivity contribution in [2.45, 2.75) is 0 Å². The van der Waals surface area contributed by atoms with Crippen LogP contribution in [-0.2, 0) is 9.36 Å². The van der Waals surface area contributed by atoms with E-state index in [9.17, 15) is 9.36 Å². The lowest BCUT2D eigenvalue weighted by atomic mass is 11.0. The third-order valence-corrected chi connectivity index (χ3v) is 1.61. The van der Waals surface area contributed by atoms with Crippen LogP contribution in [0.4, 0.5) is 0 Å². The second kappa shape index (κ2) is 4.46. The zero-order valence-electron chi connectivity index (χ0n) is 6.10. The summed E-state index contributed by atoms with van der Waals surface area (Å²) >= 11 is 0. The van der Waals surface area contributed by atoms with Gasteiger partial charge in [0.25, 0.3) is 0 Å². The van der Waals surface area contributed by atoms with E-state index in [-0.39, 0.29) is 19.4 Å². The predicted octanol–water partition coefficient (Wildman–Crippen LogP) is -0.761. The average molecular weight is 182 g/mol. The number of nitrogens with one attached hydrogen (secondary N) is 1. The molecule has 1 atom stereocenters. The number of hydrogen-bond acceptors (Lipinski definition) is 4. The first-order valence-electron chi connectivity index (χ1n) is 2.86. The molecule has 0 aliphatic heterocycles. The number of carbonyl (C=O) groups excluding carboxylic acids is 1. The van der Waals surface area contributed by atoms with Gasteiger partial charge in [-0.15, -0.1) is 0 Å². The first-order valence-corrected chi connectivity index (χ1v) is 5.16. The van der Waals surface area contributed by atoms with Gasteiger partial charge in [-0.1, -0.05) is 0 Å². The van der Waals surface area contributed by atoms with Crippen LogP contribution in [-0.4, -0.2) is 41.2 Å². The van der Waals surface area contributed by atoms with E-state index in [0.717, 1.165) is 0 Å². The smallest absolute Gasteiger partial charge is 0.234 e. The summed E-state index contributed by atoms with van der Waals surface area (Å²) in [5.74, 6) is 0. The molecule has 0 saturated carbocycles. The molecule has 3 N–H and O–H groups in total. The molecule has 0 aromatic heterocycles. The second-order valence-corrected chi connectivity index (χ2v) is 4.58. The van der Waals surface area contributed by atoms with Crippen molar-refractivity contribution in [2.24, 2.45) is 0 Å². The molecule has 0 rings (SSSR count). The highest BCUT2D eigenvalue weighted by molar-refractivity contribution is 7.57. The first-order chi connectivity index (χ1) is 4.95. The van der Waals surface area contributed by atoms with Crippen molar-refractivity contribution >= 4 is 13.8 Å². The Morgan fingerprint density at radius 3 is 2.64 bits per heavy atom. The molecule has 0 heterocycles. The summed E-state index contributed by atoms with van der Waals surface area (Å²) in [5, 5.41) is 11.2. The van der Waals surface area contributed by atoms with Gasteiger partial charge in [0.2, 0.25) is 13.8 Å². The van der Waals surface area contributed by atoms with Crippen LogP contribution in [0.15, 0.2) is 0 Å². The third-order valence-electron chi connectivity index (χ3n) is 0.801. The highest BCUT2D eigenvalue weighted by atomic mass is 31.2. The van der Waals surface area contributed by atoms with E-state index < -0.39 is 7.37 Å². The maximum atomic E-state index is 10.6. The van der Waals surface area contributed by atoms with Gasteiger partial charge in [0.15, 0.2) is 0 Å². The molecule has 11 heavy (non-hydrogen) atoms. The summed E-state index contributed by atoms with van der Waals surface area (Å²) in [4.78, 5) is 18.5. The van der Waals surface area contributed by atoms with Crippen LogP contribution in [0, 0.1) is 0 Å². The minimum absolute atomic E-state index is 0.127. The Hall–Kier alpha value is -0.420. The van der Waals surface area contributed by atoms with Gasteiger partial charge >= 0.3 is 0 Å². The Morgan fingerprint density at radius 2 is 2.27 bits per heavy atom. The van der Waals surface area contributed by atoms with Crippen LogP contribution in [0.2, 0.25) is 0 Å². The number of nitrogens with zero attached hydrogens (tertiary/aromatic N) is 1. The van der Waals surface area contributed by atoms with E-state index in [1.54, 1.807) is 0 Å². The number of hydroxylamine groups is 2. The van der Waals surface area contributed by atoms with Crippen LogP contribution < -0.4 is 5.32 Å². The molecule has 0 aliphatic carbocycles. The van der Waals surface area contributed by atoms with Crippen LogP contribution in [0.5, 0.6) is 0 Å². The lowest BCUT2D eigenvalue weighted by Crippen LogP contribution is -2.30. The van der Waals surface area contributed by atoms with Gasteiger partial charge in [0.05, 0.1) is 13.0 Å². The van der Waals surface area contributed by atoms with Crippen molar-refractivity contribution in [3.05, 3.63) is 0 Å². The van der Waals surface area contributed by atoms with E-state index in [4.69, 9.17) is 10.1 Å². The predicted molar refractivity (Wildman–Crippen MR) is 38.3 cm³/mol. The highest BCUT2D eigenvalue weighted by Gasteiger charge is 2.08. The molecule has 7 heteroatoms. The van der Waals surface area contributed by atoms with Gasteiger partial charge in [0.1, 0.15) is 0 Å². The molecule has 0 saturated heterocycles. The van der Waals surface area contributed by atoms with Crippen molar-refractivity contribution in [1.82, 2.24) is 10.4 Å². The third kappa shape index (κ3) is 7.48. The number of hydrogen-bond donors (Lipinski definition) is 3. The fourth-order valence-electron chi connectivity index (χ4n) is 0.409. The normalized spacial score (nSPS) is 15.5. The highest BCUT2D eigenvalue weighted by Crippen LogP contribution is 2.32. The first kappa shape index (κ1) is 10.6. The molecule has 0 fully saturated rings. The Morgan fingerprint density at radius 1 is 1.73 bits per heavy atom. The van der Waals surface area contributed by atoms with Crippen LogP contribution in [0.3, 0.4) is 0 Å². The largest absolute Gasteiger partial charge is 0.344 e. The number of rotatable bonds is 5. The Balaban J connectivity index is 3.42. The van der Waals surface area contributed by atoms with Crippen molar-refractivity contribution in [3.8, 4) is 0 Å². The Kier molecular flexibility index (Phi) is 4.29. The molecule has 1 unspecified atom stereocenters. The summed E-state index contributed by atoms with van der Waals surface area (Å²) < 4.78 is 10.6. The summed E-state index contributed by atoms with van der Waals surface area (Å²) in [6, 6.07) is 0. The summed E-state index contributed by atoms with van der Waals surface area (Å²) in [6.45, 7) is 1.03. The SMILES string of the molecule is CP(=O)(O)CNCN(O)C=O. The number of amides is 1. The summed E-state index contributed by atoms with van der Waals surface area (Å²) in [5.41, 5.74) is 0. The van der Waals surface area contributed by atoms with E-state index in [1.807, 2.05) is 0 Å². The average Bonchev–Trinajstić information content (AvgIpc) is 1.85. The molecule has 0 aliphatic rings. The minimum Gasteiger partial charge on any atom is -0.344 e. The maximum absolute atomic E-state index is 10.6. The van der Waals surface area contributed by atoms with Crippen LogP contribution in [0.25, 0.3) is 0 Å². The Labute approximate surface area is 64.2 Å². The summed E-state index contributed by atoms with van der Waals surface area (Å²) in [6.07, 6.45) is 0.0723. The van der Waals surface area contributed by atoms with Crippen molar-refractivity contribution in [2.75, 3.05) is 19.6 Å². The van der Waals surface area contributed by atoms with E-state index in [0.29, 0.717) is 5.06 Å². The molecule has 0 bridgehead atoms. The fourth-order valence-corrected chi connectivity index (χ4v) is 0.924. The van der Waals surface area contributed by atoms with Gasteiger partial charge in [-0.25, -0.2) is 5.06 Å². The topological polar surface area (TPSA) is 89.9 Å². The van der Waals surface area contributed by atoms with Gasteiger partial charge in [-0.05, 0) is 0 Å². The van der Waals surface area contributed by atoms with E-state index >= 15 is 0 Å². The van der Waals surface area contributed by atoms with Crippen LogP contribution in [0.1, 0.15) is 0 Å². The van der Waals surface area contributed by atoms with E-state index in [1.165, 1.54) is 6.66 Å². The Bertz CT molecular complexity index is 167. The zero-order chi connectivity index (χ0) is 8.91. The molecule has 1 amide bonds. The van der Waals surface area contributed by atoms with Gasteiger partial charge in [0, 0.05) is 6.66 Å². The molecular formula is C4H11N2O4P. The fraction of sp³-hybridized carbons (Fsp3) is 0.750. The molecule has 0 aromatic carbocycles. The van der Waals surface area contributed by atoms with Crippen molar-refractivity contribution in [3.63, 3.8) is 0 Å². The van der Waals surface area contributed by atoms with Crippen LogP contribution >= 0.6 is 7.37 Å². The zero-order valence-corrected chi connectivity index (χ0v) is 6.99. The molecule has 0 spiro atoms. The molecule has 66 valence electrons. The minimum atomic E-state index is -3.10. The lowest BCUT2D eigenvalue weighted by Gasteiger charge is -2.10. The van der Waals surface area contributed by atoms with Crippen molar-refractivity contribution < 1.29 is 19.5 Å². The number of carbonyl (C=O) groups is 1. The maximum Gasteiger partial charge on any atom is 0.234 e. The quantitative estimate of drug-likeness (QED) is 0.171. The van der Waals surface area contributed by atoms with Gasteiger partial charge in [-0.2, -0.15) is 0 Å². The second-order valence-electron chi connectivity index (χ2n) is 2.16. The van der Waals surface area contributed by atoms with E-state index in [2.05, 4.69) is 5.32 Å². The molecule has 0 radical (unpaired) electrons.